The highest BCUT2D eigenvalue weighted by Gasteiger charge is 2.18. The number of likely N-dealkylation sites (tertiary alicyclic amines) is 1. The van der Waals surface area contributed by atoms with Crippen LogP contribution in [0, 0.1) is 5.92 Å². The minimum Gasteiger partial charge on any atom is -0.299 e. The Morgan fingerprint density at radius 1 is 0.833 bits per heavy atom. The zero-order chi connectivity index (χ0) is 17.0. The summed E-state index contributed by atoms with van der Waals surface area (Å²) in [6.45, 7) is 8.36. The van der Waals surface area contributed by atoms with Gasteiger partial charge >= 0.3 is 0 Å². The fraction of sp³-hybridized carbons (Fsp3) is 0.739. The van der Waals surface area contributed by atoms with Crippen LogP contribution >= 0.6 is 0 Å². The first-order valence-electron chi connectivity index (χ1n) is 10.6. The van der Waals surface area contributed by atoms with Gasteiger partial charge in [0.15, 0.2) is 0 Å². The Bertz CT molecular complexity index is 422. The summed E-state index contributed by atoms with van der Waals surface area (Å²) in [4.78, 5) is 2.60. The fourth-order valence-electron chi connectivity index (χ4n) is 3.88. The quantitative estimate of drug-likeness (QED) is 0.390. The molecule has 0 bridgehead atoms. The lowest BCUT2D eigenvalue weighted by Gasteiger charge is -2.15. The first-order valence-corrected chi connectivity index (χ1v) is 10.6. The second kappa shape index (κ2) is 11.7. The van der Waals surface area contributed by atoms with Gasteiger partial charge in [-0.15, -0.1) is 0 Å². The Kier molecular flexibility index (Phi) is 9.50. The highest BCUT2D eigenvalue weighted by Crippen LogP contribution is 2.18. The molecule has 0 N–H and O–H groups in total. The van der Waals surface area contributed by atoms with Gasteiger partial charge in [-0.25, -0.2) is 0 Å². The second-order valence-corrected chi connectivity index (χ2v) is 8.02. The monoisotopic (exact) mass is 329 g/mol. The standard InChI is InChI=1S/C23H39N/c1-3-4-5-6-7-8-9-10-11-12-22-13-15-23(16-14-22)20-24-18-17-21(2)19-24/h13-16,21H,3-12,17-20H2,1-2H3. The molecule has 0 saturated carbocycles. The van der Waals surface area contributed by atoms with Gasteiger partial charge in [0, 0.05) is 13.1 Å². The lowest BCUT2D eigenvalue weighted by atomic mass is 10.0. The molecular weight excluding hydrogens is 290 g/mol. The first-order chi connectivity index (χ1) is 11.8. The Labute approximate surface area is 150 Å². The molecule has 0 amide bonds. The van der Waals surface area contributed by atoms with E-state index in [0.29, 0.717) is 0 Å². The van der Waals surface area contributed by atoms with Crippen LogP contribution < -0.4 is 0 Å². The van der Waals surface area contributed by atoms with Gasteiger partial charge in [-0.2, -0.15) is 0 Å². The normalized spacial score (nSPS) is 18.3. The molecule has 0 aliphatic carbocycles. The third-order valence-electron chi connectivity index (χ3n) is 5.51. The molecule has 24 heavy (non-hydrogen) atoms. The number of unbranched alkanes of at least 4 members (excludes halogenated alkanes) is 8. The molecule has 0 radical (unpaired) electrons. The molecule has 0 aromatic heterocycles. The number of rotatable bonds is 12. The number of benzene rings is 1. The van der Waals surface area contributed by atoms with Gasteiger partial charge in [0.2, 0.25) is 0 Å². The topological polar surface area (TPSA) is 3.24 Å². The van der Waals surface area contributed by atoms with Gasteiger partial charge < -0.3 is 0 Å². The lowest BCUT2D eigenvalue weighted by Crippen LogP contribution is -2.19. The molecule has 1 unspecified atom stereocenters. The fourth-order valence-corrected chi connectivity index (χ4v) is 3.88. The summed E-state index contributed by atoms with van der Waals surface area (Å²) in [7, 11) is 0. The van der Waals surface area contributed by atoms with Crippen LogP contribution in [-0.2, 0) is 13.0 Å². The van der Waals surface area contributed by atoms with Crippen molar-refractivity contribution < 1.29 is 0 Å². The van der Waals surface area contributed by atoms with Crippen LogP contribution in [0.1, 0.15) is 89.2 Å². The van der Waals surface area contributed by atoms with Crippen molar-refractivity contribution in [1.29, 1.82) is 0 Å². The predicted octanol–water partition coefficient (Wildman–Crippen LogP) is 6.60. The van der Waals surface area contributed by atoms with Crippen molar-refractivity contribution >= 4 is 0 Å². The average molecular weight is 330 g/mol. The largest absolute Gasteiger partial charge is 0.299 e. The van der Waals surface area contributed by atoms with Crippen molar-refractivity contribution in [2.75, 3.05) is 13.1 Å². The van der Waals surface area contributed by atoms with Crippen molar-refractivity contribution in [2.45, 2.75) is 91.0 Å². The van der Waals surface area contributed by atoms with Crippen LogP contribution in [0.4, 0.5) is 0 Å². The first kappa shape index (κ1) is 19.5. The molecule has 1 aromatic rings. The SMILES string of the molecule is CCCCCCCCCCCc1ccc(CN2CCC(C)C2)cc1. The predicted molar refractivity (Wildman–Crippen MR) is 106 cm³/mol. The second-order valence-electron chi connectivity index (χ2n) is 8.02. The Morgan fingerprint density at radius 3 is 2.00 bits per heavy atom. The van der Waals surface area contributed by atoms with Gasteiger partial charge in [0.1, 0.15) is 0 Å². The summed E-state index contributed by atoms with van der Waals surface area (Å²) in [5.41, 5.74) is 3.01. The molecule has 2 rings (SSSR count). The molecular formula is C23H39N. The molecule has 0 spiro atoms. The van der Waals surface area contributed by atoms with E-state index in [9.17, 15) is 0 Å². The minimum absolute atomic E-state index is 0.885. The van der Waals surface area contributed by atoms with Crippen LogP contribution in [0.2, 0.25) is 0 Å². The zero-order valence-electron chi connectivity index (χ0n) is 16.2. The summed E-state index contributed by atoms with van der Waals surface area (Å²) >= 11 is 0. The third-order valence-corrected chi connectivity index (χ3v) is 5.51. The van der Waals surface area contributed by atoms with Crippen molar-refractivity contribution in [3.05, 3.63) is 35.4 Å². The van der Waals surface area contributed by atoms with Crippen LogP contribution in [0.5, 0.6) is 0 Å². The van der Waals surface area contributed by atoms with Gasteiger partial charge in [0.05, 0.1) is 0 Å². The van der Waals surface area contributed by atoms with Crippen LogP contribution in [0.3, 0.4) is 0 Å². The molecule has 1 aromatic carbocycles. The maximum atomic E-state index is 2.60. The molecule has 1 saturated heterocycles. The molecule has 1 heteroatoms. The van der Waals surface area contributed by atoms with E-state index in [4.69, 9.17) is 0 Å². The van der Waals surface area contributed by atoms with E-state index in [2.05, 4.69) is 43.0 Å². The summed E-state index contributed by atoms with van der Waals surface area (Å²) in [6.07, 6.45) is 15.4. The summed E-state index contributed by atoms with van der Waals surface area (Å²) < 4.78 is 0. The van der Waals surface area contributed by atoms with Crippen molar-refractivity contribution in [3.8, 4) is 0 Å². The molecule has 1 atom stereocenters. The van der Waals surface area contributed by atoms with Gasteiger partial charge in [-0.3, -0.25) is 4.90 Å². The lowest BCUT2D eigenvalue weighted by molar-refractivity contribution is 0.320. The van der Waals surface area contributed by atoms with Gasteiger partial charge in [0.25, 0.3) is 0 Å². The van der Waals surface area contributed by atoms with E-state index < -0.39 is 0 Å². The van der Waals surface area contributed by atoms with Gasteiger partial charge in [-0.05, 0) is 42.9 Å². The number of hydrogen-bond acceptors (Lipinski definition) is 1. The highest BCUT2D eigenvalue weighted by atomic mass is 15.1. The van der Waals surface area contributed by atoms with E-state index in [1.54, 1.807) is 0 Å². The van der Waals surface area contributed by atoms with Crippen molar-refractivity contribution in [3.63, 3.8) is 0 Å². The Morgan fingerprint density at radius 2 is 1.42 bits per heavy atom. The number of hydrogen-bond donors (Lipinski definition) is 0. The smallest absolute Gasteiger partial charge is 0.0233 e. The van der Waals surface area contributed by atoms with Gasteiger partial charge in [-0.1, -0.05) is 89.5 Å². The van der Waals surface area contributed by atoms with Crippen molar-refractivity contribution in [2.24, 2.45) is 5.92 Å². The summed E-state index contributed by atoms with van der Waals surface area (Å²) in [5, 5.41) is 0. The molecule has 1 aliphatic heterocycles. The van der Waals surface area contributed by atoms with E-state index >= 15 is 0 Å². The van der Waals surface area contributed by atoms with E-state index in [-0.39, 0.29) is 0 Å². The molecule has 1 aliphatic rings. The molecule has 1 nitrogen and oxygen atoms in total. The zero-order valence-corrected chi connectivity index (χ0v) is 16.2. The van der Waals surface area contributed by atoms with Crippen LogP contribution in [0.25, 0.3) is 0 Å². The van der Waals surface area contributed by atoms with E-state index in [1.807, 2.05) is 0 Å². The van der Waals surface area contributed by atoms with E-state index in [0.717, 1.165) is 12.5 Å². The molecule has 1 heterocycles. The van der Waals surface area contributed by atoms with E-state index in [1.165, 1.54) is 94.8 Å². The minimum atomic E-state index is 0.885. The Hall–Kier alpha value is -0.820. The van der Waals surface area contributed by atoms with Crippen LogP contribution in [-0.4, -0.2) is 18.0 Å². The third kappa shape index (κ3) is 7.83. The maximum Gasteiger partial charge on any atom is 0.0233 e. The summed E-state index contributed by atoms with van der Waals surface area (Å²) in [6, 6.07) is 9.43. The molecule has 1 fully saturated rings. The average Bonchev–Trinajstić information content (AvgIpc) is 3.00. The number of aryl methyl sites for hydroxylation is 1. The summed E-state index contributed by atoms with van der Waals surface area (Å²) in [5.74, 6) is 0.885. The molecule has 136 valence electrons. The Balaban J connectivity index is 1.52. The highest BCUT2D eigenvalue weighted by molar-refractivity contribution is 5.22. The van der Waals surface area contributed by atoms with Crippen LogP contribution in [0.15, 0.2) is 24.3 Å². The maximum absolute atomic E-state index is 2.60. The number of nitrogens with zero attached hydrogens (tertiary/aromatic N) is 1. The van der Waals surface area contributed by atoms with Crippen molar-refractivity contribution in [1.82, 2.24) is 4.90 Å².